The standard InChI is InChI=1S/C16H20/c1-5-7-13-11-10-12-8-6-9-14(12)15(13)16(2,3)4/h10-11H,6,8-9H2,1-4H3. The van der Waals surface area contributed by atoms with Crippen molar-refractivity contribution in [2.75, 3.05) is 0 Å². The Balaban J connectivity index is 2.68. The molecule has 0 atom stereocenters. The average molecular weight is 212 g/mol. The molecule has 16 heavy (non-hydrogen) atoms. The summed E-state index contributed by atoms with van der Waals surface area (Å²) in [4.78, 5) is 0. The molecule has 1 aliphatic carbocycles. The van der Waals surface area contributed by atoms with E-state index in [1.165, 1.54) is 30.4 Å². The molecular formula is C16H20. The second-order valence-corrected chi connectivity index (χ2v) is 5.60. The molecular weight excluding hydrogens is 192 g/mol. The fourth-order valence-corrected chi connectivity index (χ4v) is 2.76. The number of benzene rings is 1. The predicted molar refractivity (Wildman–Crippen MR) is 69.7 cm³/mol. The van der Waals surface area contributed by atoms with Gasteiger partial charge < -0.3 is 0 Å². The van der Waals surface area contributed by atoms with Crippen LogP contribution in [0.1, 0.15) is 56.4 Å². The molecule has 0 saturated carbocycles. The Morgan fingerprint density at radius 3 is 2.50 bits per heavy atom. The summed E-state index contributed by atoms with van der Waals surface area (Å²) >= 11 is 0. The molecule has 0 spiro atoms. The Kier molecular flexibility index (Phi) is 2.80. The van der Waals surface area contributed by atoms with Crippen LogP contribution in [-0.2, 0) is 18.3 Å². The highest BCUT2D eigenvalue weighted by atomic mass is 14.3. The van der Waals surface area contributed by atoms with E-state index in [-0.39, 0.29) is 5.41 Å². The van der Waals surface area contributed by atoms with Crippen molar-refractivity contribution >= 4 is 0 Å². The van der Waals surface area contributed by atoms with Gasteiger partial charge in [-0.25, -0.2) is 0 Å². The van der Waals surface area contributed by atoms with Gasteiger partial charge in [-0.05, 0) is 54.4 Å². The van der Waals surface area contributed by atoms with E-state index < -0.39 is 0 Å². The number of hydrogen-bond donors (Lipinski definition) is 0. The van der Waals surface area contributed by atoms with Gasteiger partial charge in [0.05, 0.1) is 0 Å². The molecule has 0 aliphatic heterocycles. The van der Waals surface area contributed by atoms with E-state index in [1.54, 1.807) is 11.1 Å². The summed E-state index contributed by atoms with van der Waals surface area (Å²) in [6.45, 7) is 8.80. The van der Waals surface area contributed by atoms with Gasteiger partial charge in [0.15, 0.2) is 0 Å². The number of rotatable bonds is 0. The second kappa shape index (κ2) is 3.98. The van der Waals surface area contributed by atoms with Gasteiger partial charge in [-0.1, -0.05) is 32.8 Å². The van der Waals surface area contributed by atoms with Gasteiger partial charge in [0, 0.05) is 5.56 Å². The minimum atomic E-state index is 0.203. The monoisotopic (exact) mass is 212 g/mol. The highest BCUT2D eigenvalue weighted by Crippen LogP contribution is 2.35. The van der Waals surface area contributed by atoms with E-state index in [2.05, 4.69) is 44.7 Å². The van der Waals surface area contributed by atoms with Crippen molar-refractivity contribution < 1.29 is 0 Å². The summed E-state index contributed by atoms with van der Waals surface area (Å²) in [5.41, 5.74) is 6.04. The van der Waals surface area contributed by atoms with Crippen molar-refractivity contribution in [3.63, 3.8) is 0 Å². The normalized spacial score (nSPS) is 14.2. The summed E-state index contributed by atoms with van der Waals surface area (Å²) < 4.78 is 0. The van der Waals surface area contributed by atoms with Crippen LogP contribution in [0.25, 0.3) is 0 Å². The highest BCUT2D eigenvalue weighted by Gasteiger charge is 2.25. The van der Waals surface area contributed by atoms with Crippen LogP contribution in [0.15, 0.2) is 12.1 Å². The Labute approximate surface area is 99.1 Å². The van der Waals surface area contributed by atoms with Gasteiger partial charge in [-0.3, -0.25) is 0 Å². The summed E-state index contributed by atoms with van der Waals surface area (Å²) in [5, 5.41) is 0. The van der Waals surface area contributed by atoms with E-state index in [0.717, 1.165) is 0 Å². The van der Waals surface area contributed by atoms with Crippen LogP contribution in [0.3, 0.4) is 0 Å². The zero-order valence-electron chi connectivity index (χ0n) is 10.8. The first-order valence-electron chi connectivity index (χ1n) is 6.12. The first kappa shape index (κ1) is 11.3. The van der Waals surface area contributed by atoms with Gasteiger partial charge in [0.25, 0.3) is 0 Å². The van der Waals surface area contributed by atoms with Crippen molar-refractivity contribution in [2.24, 2.45) is 0 Å². The lowest BCUT2D eigenvalue weighted by Crippen LogP contribution is -2.16. The van der Waals surface area contributed by atoms with Gasteiger partial charge in [0.2, 0.25) is 0 Å². The van der Waals surface area contributed by atoms with E-state index in [4.69, 9.17) is 0 Å². The fourth-order valence-electron chi connectivity index (χ4n) is 2.76. The molecule has 0 amide bonds. The van der Waals surface area contributed by atoms with E-state index in [1.807, 2.05) is 6.92 Å². The van der Waals surface area contributed by atoms with Crippen molar-refractivity contribution in [3.8, 4) is 11.8 Å². The van der Waals surface area contributed by atoms with Crippen LogP contribution in [0.2, 0.25) is 0 Å². The number of hydrogen-bond acceptors (Lipinski definition) is 0. The molecule has 0 aromatic heterocycles. The fraction of sp³-hybridized carbons (Fsp3) is 0.500. The molecule has 2 rings (SSSR count). The highest BCUT2D eigenvalue weighted by molar-refractivity contribution is 5.53. The SMILES string of the molecule is CC#Cc1ccc2c(c1C(C)(C)C)CCC2. The maximum atomic E-state index is 3.26. The van der Waals surface area contributed by atoms with Gasteiger partial charge in [0.1, 0.15) is 0 Å². The minimum absolute atomic E-state index is 0.203. The largest absolute Gasteiger partial charge is 0.101 e. The first-order chi connectivity index (χ1) is 7.54. The summed E-state index contributed by atoms with van der Waals surface area (Å²) in [6, 6.07) is 4.48. The first-order valence-corrected chi connectivity index (χ1v) is 6.12. The molecule has 0 radical (unpaired) electrons. The van der Waals surface area contributed by atoms with Crippen LogP contribution < -0.4 is 0 Å². The molecule has 0 heterocycles. The van der Waals surface area contributed by atoms with Crippen LogP contribution >= 0.6 is 0 Å². The van der Waals surface area contributed by atoms with Crippen LogP contribution in [-0.4, -0.2) is 0 Å². The molecule has 84 valence electrons. The molecule has 0 bridgehead atoms. The molecule has 0 N–H and O–H groups in total. The molecule has 1 aromatic carbocycles. The topological polar surface area (TPSA) is 0 Å². The Hall–Kier alpha value is -1.22. The molecule has 1 aliphatic rings. The maximum absolute atomic E-state index is 3.26. The van der Waals surface area contributed by atoms with Crippen LogP contribution in [0.5, 0.6) is 0 Å². The third-order valence-electron chi connectivity index (χ3n) is 3.29. The van der Waals surface area contributed by atoms with E-state index in [0.29, 0.717) is 0 Å². The predicted octanol–water partition coefficient (Wildman–Crippen LogP) is 3.84. The van der Waals surface area contributed by atoms with E-state index >= 15 is 0 Å². The van der Waals surface area contributed by atoms with Crippen molar-refractivity contribution in [1.29, 1.82) is 0 Å². The molecule has 0 saturated heterocycles. The number of aryl methyl sites for hydroxylation is 1. The lowest BCUT2D eigenvalue weighted by atomic mass is 9.79. The minimum Gasteiger partial charge on any atom is -0.101 e. The smallest absolute Gasteiger partial charge is 0.0285 e. The average Bonchev–Trinajstić information content (AvgIpc) is 2.63. The molecule has 0 nitrogen and oxygen atoms in total. The summed E-state index contributed by atoms with van der Waals surface area (Å²) in [6.07, 6.45) is 3.79. The molecule has 0 unspecified atom stereocenters. The Morgan fingerprint density at radius 2 is 1.88 bits per heavy atom. The van der Waals surface area contributed by atoms with Crippen molar-refractivity contribution in [2.45, 2.75) is 52.4 Å². The van der Waals surface area contributed by atoms with Gasteiger partial charge in [-0.2, -0.15) is 0 Å². The van der Waals surface area contributed by atoms with Crippen molar-refractivity contribution in [3.05, 3.63) is 34.4 Å². The van der Waals surface area contributed by atoms with Gasteiger partial charge in [-0.15, -0.1) is 5.92 Å². The zero-order chi connectivity index (χ0) is 11.8. The summed E-state index contributed by atoms with van der Waals surface area (Å²) in [7, 11) is 0. The number of fused-ring (bicyclic) bond motifs is 1. The zero-order valence-corrected chi connectivity index (χ0v) is 10.8. The molecule has 0 heteroatoms. The lowest BCUT2D eigenvalue weighted by molar-refractivity contribution is 0.582. The van der Waals surface area contributed by atoms with Crippen molar-refractivity contribution in [1.82, 2.24) is 0 Å². The lowest BCUT2D eigenvalue weighted by Gasteiger charge is -2.24. The Bertz CT molecular complexity index is 461. The molecule has 1 aromatic rings. The Morgan fingerprint density at radius 1 is 1.12 bits per heavy atom. The maximum Gasteiger partial charge on any atom is 0.0285 e. The van der Waals surface area contributed by atoms with Gasteiger partial charge >= 0.3 is 0 Å². The quantitative estimate of drug-likeness (QED) is 0.573. The van der Waals surface area contributed by atoms with Crippen LogP contribution in [0, 0.1) is 11.8 Å². The summed E-state index contributed by atoms with van der Waals surface area (Å²) in [5.74, 6) is 6.30. The second-order valence-electron chi connectivity index (χ2n) is 5.60. The molecule has 0 fully saturated rings. The van der Waals surface area contributed by atoms with E-state index in [9.17, 15) is 0 Å². The third kappa shape index (κ3) is 1.87. The van der Waals surface area contributed by atoms with Crippen LogP contribution in [0.4, 0.5) is 0 Å². The third-order valence-corrected chi connectivity index (χ3v) is 3.29.